The Hall–Kier alpha value is -1.00. The Balaban J connectivity index is 2.91. The molecule has 0 saturated heterocycles. The second kappa shape index (κ2) is 8.32. The molecular weight excluding hydrogens is 258 g/mol. The summed E-state index contributed by atoms with van der Waals surface area (Å²) in [6, 6.07) is 4.66. The van der Waals surface area contributed by atoms with E-state index in [1.807, 2.05) is 14.0 Å². The molecule has 0 fully saturated rings. The second-order valence-electron chi connectivity index (χ2n) is 5.16. The molecule has 0 aliphatic rings. The Labute approximate surface area is 121 Å². The van der Waals surface area contributed by atoms with Crippen LogP contribution in [0.5, 0.6) is 0 Å². The summed E-state index contributed by atoms with van der Waals surface area (Å²) in [5.41, 5.74) is 0.407. The van der Waals surface area contributed by atoms with Crippen molar-refractivity contribution in [3.63, 3.8) is 0 Å². The zero-order valence-corrected chi connectivity index (χ0v) is 12.9. The molecule has 1 N–H and O–H groups in total. The van der Waals surface area contributed by atoms with Crippen LogP contribution in [0.25, 0.3) is 0 Å². The summed E-state index contributed by atoms with van der Waals surface area (Å²) < 4.78 is 27.3. The maximum Gasteiger partial charge on any atom is 0.163 e. The van der Waals surface area contributed by atoms with E-state index in [0.717, 1.165) is 25.5 Å². The van der Waals surface area contributed by atoms with Gasteiger partial charge in [0.1, 0.15) is 0 Å². The van der Waals surface area contributed by atoms with Crippen molar-refractivity contribution in [2.75, 3.05) is 20.1 Å². The predicted octanol–water partition coefficient (Wildman–Crippen LogP) is 3.74. The van der Waals surface area contributed by atoms with Crippen molar-refractivity contribution in [1.29, 1.82) is 0 Å². The quantitative estimate of drug-likeness (QED) is 0.782. The average Bonchev–Trinajstić information content (AvgIpc) is 2.43. The molecule has 0 bridgehead atoms. The van der Waals surface area contributed by atoms with Gasteiger partial charge in [0.25, 0.3) is 0 Å². The highest BCUT2D eigenvalue weighted by atomic mass is 19.2. The van der Waals surface area contributed by atoms with Gasteiger partial charge in [0, 0.05) is 24.2 Å². The van der Waals surface area contributed by atoms with Gasteiger partial charge >= 0.3 is 0 Å². The minimum absolute atomic E-state index is 0.193. The molecule has 2 nitrogen and oxygen atoms in total. The van der Waals surface area contributed by atoms with Gasteiger partial charge in [-0.1, -0.05) is 32.9 Å². The molecule has 0 amide bonds. The number of benzene rings is 1. The molecule has 1 rings (SSSR count). The fraction of sp³-hybridized carbons (Fsp3) is 0.625. The second-order valence-corrected chi connectivity index (χ2v) is 5.16. The SMILES string of the molecule is CCNC(CN(C)C(CC)CC)c1cccc(F)c1F. The fourth-order valence-corrected chi connectivity index (χ4v) is 2.66. The van der Waals surface area contributed by atoms with Crippen LogP contribution in [0.4, 0.5) is 8.78 Å². The lowest BCUT2D eigenvalue weighted by molar-refractivity contribution is 0.205. The van der Waals surface area contributed by atoms with Crippen molar-refractivity contribution < 1.29 is 8.78 Å². The van der Waals surface area contributed by atoms with Gasteiger partial charge in [-0.25, -0.2) is 8.78 Å². The van der Waals surface area contributed by atoms with E-state index < -0.39 is 11.6 Å². The van der Waals surface area contributed by atoms with Gasteiger partial charge in [-0.2, -0.15) is 0 Å². The minimum Gasteiger partial charge on any atom is -0.309 e. The van der Waals surface area contributed by atoms with Crippen molar-refractivity contribution >= 4 is 0 Å². The van der Waals surface area contributed by atoms with Crippen LogP contribution in [-0.2, 0) is 0 Å². The average molecular weight is 284 g/mol. The van der Waals surface area contributed by atoms with Crippen LogP contribution in [0.15, 0.2) is 18.2 Å². The first-order valence-corrected chi connectivity index (χ1v) is 7.42. The number of hydrogen-bond acceptors (Lipinski definition) is 2. The van der Waals surface area contributed by atoms with Gasteiger partial charge in [-0.3, -0.25) is 0 Å². The van der Waals surface area contributed by atoms with Crippen molar-refractivity contribution in [3.8, 4) is 0 Å². The Bertz CT molecular complexity index is 405. The molecule has 1 atom stereocenters. The zero-order valence-electron chi connectivity index (χ0n) is 12.9. The van der Waals surface area contributed by atoms with Crippen LogP contribution in [0.2, 0.25) is 0 Å². The standard InChI is InChI=1S/C16H26F2N2/c1-5-12(6-2)20(4)11-15(19-7-3)13-9-8-10-14(17)16(13)18/h8-10,12,15,19H,5-7,11H2,1-4H3. The topological polar surface area (TPSA) is 15.3 Å². The van der Waals surface area contributed by atoms with Gasteiger partial charge in [0.05, 0.1) is 0 Å². The first-order chi connectivity index (χ1) is 9.54. The van der Waals surface area contributed by atoms with Gasteiger partial charge in [0.15, 0.2) is 11.6 Å². The van der Waals surface area contributed by atoms with E-state index in [0.29, 0.717) is 18.2 Å². The maximum absolute atomic E-state index is 14.0. The molecular formula is C16H26F2N2. The molecule has 0 radical (unpaired) electrons. The van der Waals surface area contributed by atoms with Gasteiger partial charge in [-0.05, 0) is 32.5 Å². The van der Waals surface area contributed by atoms with Crippen LogP contribution < -0.4 is 5.32 Å². The van der Waals surface area contributed by atoms with Gasteiger partial charge < -0.3 is 10.2 Å². The first kappa shape index (κ1) is 17.1. The van der Waals surface area contributed by atoms with Crippen LogP contribution in [0, 0.1) is 11.6 Å². The molecule has 114 valence electrons. The number of hydrogen-bond donors (Lipinski definition) is 1. The Kier molecular flexibility index (Phi) is 7.10. The summed E-state index contributed by atoms with van der Waals surface area (Å²) in [5.74, 6) is -1.52. The largest absolute Gasteiger partial charge is 0.309 e. The fourth-order valence-electron chi connectivity index (χ4n) is 2.66. The van der Waals surface area contributed by atoms with Crippen LogP contribution in [0.1, 0.15) is 45.2 Å². The number of nitrogens with zero attached hydrogens (tertiary/aromatic N) is 1. The molecule has 0 aliphatic carbocycles. The lowest BCUT2D eigenvalue weighted by Gasteiger charge is -2.31. The normalized spacial score (nSPS) is 13.2. The third-order valence-corrected chi connectivity index (χ3v) is 3.84. The van der Waals surface area contributed by atoms with Crippen LogP contribution >= 0.6 is 0 Å². The molecule has 4 heteroatoms. The molecule has 20 heavy (non-hydrogen) atoms. The third-order valence-electron chi connectivity index (χ3n) is 3.84. The van der Waals surface area contributed by atoms with Gasteiger partial charge in [0.2, 0.25) is 0 Å². The van der Waals surface area contributed by atoms with Gasteiger partial charge in [-0.15, -0.1) is 0 Å². The van der Waals surface area contributed by atoms with E-state index in [1.165, 1.54) is 0 Å². The van der Waals surface area contributed by atoms with E-state index in [4.69, 9.17) is 0 Å². The summed E-state index contributed by atoms with van der Waals surface area (Å²) >= 11 is 0. The molecule has 1 unspecified atom stereocenters. The molecule has 0 spiro atoms. The predicted molar refractivity (Wildman–Crippen MR) is 79.8 cm³/mol. The summed E-state index contributed by atoms with van der Waals surface area (Å²) in [4.78, 5) is 2.22. The highest BCUT2D eigenvalue weighted by molar-refractivity contribution is 5.23. The summed E-state index contributed by atoms with van der Waals surface area (Å²) in [6.07, 6.45) is 2.11. The van der Waals surface area contributed by atoms with Crippen molar-refractivity contribution in [2.45, 2.75) is 45.7 Å². The zero-order chi connectivity index (χ0) is 15.1. The molecule has 0 aliphatic heterocycles. The molecule has 1 aromatic carbocycles. The Morgan fingerprint density at radius 3 is 2.35 bits per heavy atom. The number of halogens is 2. The molecule has 0 aromatic heterocycles. The van der Waals surface area contributed by atoms with Crippen LogP contribution in [-0.4, -0.2) is 31.1 Å². The number of nitrogens with one attached hydrogen (secondary N) is 1. The third kappa shape index (κ3) is 4.25. The molecule has 1 aromatic rings. The van der Waals surface area contributed by atoms with Crippen LogP contribution in [0.3, 0.4) is 0 Å². The number of rotatable bonds is 8. The lowest BCUT2D eigenvalue weighted by atomic mass is 10.0. The summed E-state index contributed by atoms with van der Waals surface area (Å²) in [6.45, 7) is 7.66. The summed E-state index contributed by atoms with van der Waals surface area (Å²) in [5, 5.41) is 3.25. The lowest BCUT2D eigenvalue weighted by Crippen LogP contribution is -2.39. The first-order valence-electron chi connectivity index (χ1n) is 7.42. The highest BCUT2D eigenvalue weighted by Crippen LogP contribution is 2.21. The van der Waals surface area contributed by atoms with Crippen molar-refractivity contribution in [1.82, 2.24) is 10.2 Å². The van der Waals surface area contributed by atoms with E-state index in [2.05, 4.69) is 24.1 Å². The Morgan fingerprint density at radius 2 is 1.80 bits per heavy atom. The van der Waals surface area contributed by atoms with E-state index >= 15 is 0 Å². The van der Waals surface area contributed by atoms with E-state index in [-0.39, 0.29) is 6.04 Å². The van der Waals surface area contributed by atoms with E-state index in [9.17, 15) is 8.78 Å². The smallest absolute Gasteiger partial charge is 0.163 e. The maximum atomic E-state index is 14.0. The Morgan fingerprint density at radius 1 is 1.15 bits per heavy atom. The van der Waals surface area contributed by atoms with Crippen molar-refractivity contribution in [2.24, 2.45) is 0 Å². The van der Waals surface area contributed by atoms with E-state index in [1.54, 1.807) is 12.1 Å². The monoisotopic (exact) mass is 284 g/mol. The summed E-state index contributed by atoms with van der Waals surface area (Å²) in [7, 11) is 2.04. The van der Waals surface area contributed by atoms with Crippen molar-refractivity contribution in [3.05, 3.63) is 35.4 Å². The molecule has 0 saturated carbocycles. The number of likely N-dealkylation sites (N-methyl/N-ethyl adjacent to an activating group) is 2. The highest BCUT2D eigenvalue weighted by Gasteiger charge is 2.21. The molecule has 0 heterocycles. The minimum atomic E-state index is -0.782.